The Morgan fingerprint density at radius 1 is 0.584 bits per heavy atom. The SMILES string of the molecule is CCCCc1nc2c(N)nc3ccccc3c2n1Cc1ccc(CN)cc1.CCCCc1nc2c(N)nc3ccccc3c2n1Cc1ccc(CNCc2c(CO)cnc(C)c2O)cc1.Cc1ncc(CO)c(C=O)c1O. The van der Waals surface area contributed by atoms with Gasteiger partial charge in [0.2, 0.25) is 0 Å². The van der Waals surface area contributed by atoms with E-state index in [0.29, 0.717) is 72.2 Å². The monoisotopic (exact) mass is 1040 g/mol. The normalized spacial score (nSPS) is 11.3. The van der Waals surface area contributed by atoms with Gasteiger partial charge in [0.25, 0.3) is 0 Å². The lowest BCUT2D eigenvalue weighted by Gasteiger charge is -2.13. The van der Waals surface area contributed by atoms with Crippen LogP contribution in [0, 0.1) is 13.8 Å². The first kappa shape index (κ1) is 54.9. The molecule has 6 aromatic heterocycles. The summed E-state index contributed by atoms with van der Waals surface area (Å²) in [5, 5.41) is 43.6. The van der Waals surface area contributed by atoms with Gasteiger partial charge in [-0.25, -0.2) is 19.9 Å². The molecule has 0 aliphatic carbocycles. The molecule has 4 aromatic carbocycles. The molecule has 0 aliphatic heterocycles. The maximum absolute atomic E-state index is 10.5. The number of nitrogen functional groups attached to an aromatic ring is 2. The van der Waals surface area contributed by atoms with Crippen molar-refractivity contribution in [2.75, 3.05) is 11.5 Å². The lowest BCUT2D eigenvalue weighted by molar-refractivity contribution is 0.111. The number of aromatic nitrogens is 8. The van der Waals surface area contributed by atoms with Gasteiger partial charge in [-0.2, -0.15) is 0 Å². The molecule has 0 unspecified atom stereocenters. The van der Waals surface area contributed by atoms with Crippen molar-refractivity contribution in [3.05, 3.63) is 177 Å². The number of para-hydroxylation sites is 2. The summed E-state index contributed by atoms with van der Waals surface area (Å²) in [6.45, 7) is 10.4. The predicted molar refractivity (Wildman–Crippen MR) is 304 cm³/mol. The van der Waals surface area contributed by atoms with Crippen LogP contribution in [0.2, 0.25) is 0 Å². The number of unbranched alkanes of at least 4 members (excludes halogenated alkanes) is 2. The highest BCUT2D eigenvalue weighted by molar-refractivity contribution is 6.07. The number of nitrogens with two attached hydrogens (primary N) is 3. The van der Waals surface area contributed by atoms with Gasteiger partial charge in [0.15, 0.2) is 17.9 Å². The van der Waals surface area contributed by atoms with Crippen molar-refractivity contribution in [2.24, 2.45) is 5.73 Å². The fourth-order valence-electron chi connectivity index (χ4n) is 9.37. The Labute approximate surface area is 447 Å². The van der Waals surface area contributed by atoms with Gasteiger partial charge in [-0.1, -0.05) is 112 Å². The Kier molecular flexibility index (Phi) is 18.1. The number of carbonyl (C=O) groups is 1. The van der Waals surface area contributed by atoms with Crippen molar-refractivity contribution < 1.29 is 25.2 Å². The topological polar surface area (TPSA) is 275 Å². The van der Waals surface area contributed by atoms with Crippen LogP contribution in [0.25, 0.3) is 43.9 Å². The highest BCUT2D eigenvalue weighted by atomic mass is 16.3. The number of benzene rings is 4. The molecule has 0 bridgehead atoms. The molecule has 17 nitrogen and oxygen atoms in total. The molecule has 0 amide bonds. The van der Waals surface area contributed by atoms with Gasteiger partial charge in [-0.15, -0.1) is 0 Å². The number of hydrogen-bond donors (Lipinski definition) is 8. The van der Waals surface area contributed by atoms with Crippen LogP contribution >= 0.6 is 0 Å². The van der Waals surface area contributed by atoms with E-state index in [4.69, 9.17) is 32.3 Å². The molecule has 0 aliphatic rings. The summed E-state index contributed by atoms with van der Waals surface area (Å²) < 4.78 is 4.60. The third-order valence-corrected chi connectivity index (χ3v) is 13.7. The van der Waals surface area contributed by atoms with Crippen molar-refractivity contribution in [1.29, 1.82) is 0 Å². The van der Waals surface area contributed by atoms with E-state index in [1.807, 2.05) is 36.4 Å². The zero-order chi connectivity index (χ0) is 54.6. The third-order valence-electron chi connectivity index (χ3n) is 13.7. The molecule has 77 heavy (non-hydrogen) atoms. The second-order valence-electron chi connectivity index (χ2n) is 19.1. The standard InChI is InChI=1S/C30H34N6O2.C22H25N5.C8H9NO3/c1-3-4-9-26-35-27-28(23-7-5-6-8-25(23)34-30(27)31)36(26)17-21-12-10-20(11-13-21)14-32-16-24-22(18-37)15-33-19(2)29(24)38;1-2-3-8-19-26-20-21(17-6-4-5-7-18(17)25-22(20)24)27(19)14-16-11-9-15(13-23)10-12-16;1-5-8(12)7(4-11)6(3-10)2-9-5/h5-8,10-13,15,32,37-38H,3-4,9,14,16-18H2,1-2H3,(H2,31,34);4-7,9-12H,2-3,8,13-14,23H2,1H3,(H2,24,25);2,4,10,12H,3H2,1H3. The first-order chi connectivity index (χ1) is 37.4. The minimum absolute atomic E-state index is 0.116. The van der Waals surface area contributed by atoms with E-state index in [0.717, 1.165) is 112 Å². The average Bonchev–Trinajstić information content (AvgIpc) is 4.04. The highest BCUT2D eigenvalue weighted by Gasteiger charge is 2.20. The summed E-state index contributed by atoms with van der Waals surface area (Å²) in [6, 6.07) is 33.2. The molecule has 0 atom stereocenters. The number of fused-ring (bicyclic) bond motifs is 6. The fraction of sp³-hybridized carbons (Fsp3) is 0.283. The number of aldehydes is 1. The molecule has 10 rings (SSSR count). The summed E-state index contributed by atoms with van der Waals surface area (Å²) in [6.07, 6.45) is 9.69. The van der Waals surface area contributed by atoms with E-state index in [9.17, 15) is 20.1 Å². The lowest BCUT2D eigenvalue weighted by Crippen LogP contribution is -2.15. The largest absolute Gasteiger partial charge is 0.506 e. The Morgan fingerprint density at radius 2 is 1.04 bits per heavy atom. The van der Waals surface area contributed by atoms with Gasteiger partial charge in [-0.3, -0.25) is 14.8 Å². The van der Waals surface area contributed by atoms with Gasteiger partial charge in [0.1, 0.15) is 34.2 Å². The highest BCUT2D eigenvalue weighted by Crippen LogP contribution is 2.32. The van der Waals surface area contributed by atoms with Gasteiger partial charge >= 0.3 is 0 Å². The Hall–Kier alpha value is -8.35. The maximum Gasteiger partial charge on any atom is 0.154 e. The van der Waals surface area contributed by atoms with Crippen LogP contribution in [0.1, 0.15) is 112 Å². The first-order valence-corrected chi connectivity index (χ1v) is 26.0. The number of imidazole rings is 2. The van der Waals surface area contributed by atoms with Crippen LogP contribution in [0.5, 0.6) is 11.5 Å². The minimum Gasteiger partial charge on any atom is -0.506 e. The van der Waals surface area contributed by atoms with E-state index in [1.165, 1.54) is 17.3 Å². The van der Waals surface area contributed by atoms with Gasteiger partial charge < -0.3 is 52.1 Å². The summed E-state index contributed by atoms with van der Waals surface area (Å²) in [4.78, 5) is 37.3. The quantitative estimate of drug-likeness (QED) is 0.0372. The Balaban J connectivity index is 0.000000174. The van der Waals surface area contributed by atoms with Gasteiger partial charge in [0.05, 0.1) is 52.2 Å². The number of hydrogen-bond acceptors (Lipinski definition) is 15. The predicted octanol–water partition coefficient (Wildman–Crippen LogP) is 9.17. The molecule has 10 aromatic rings. The smallest absolute Gasteiger partial charge is 0.154 e. The fourth-order valence-corrected chi connectivity index (χ4v) is 9.37. The van der Waals surface area contributed by atoms with E-state index >= 15 is 0 Å². The zero-order valence-electron chi connectivity index (χ0n) is 44.2. The number of rotatable bonds is 18. The number of aryl methyl sites for hydroxylation is 4. The van der Waals surface area contributed by atoms with Crippen LogP contribution in [0.3, 0.4) is 0 Å². The number of nitrogens with one attached hydrogen (secondary N) is 1. The van der Waals surface area contributed by atoms with E-state index in [-0.39, 0.29) is 30.3 Å². The molecule has 0 spiro atoms. The molecule has 0 fully saturated rings. The number of anilines is 2. The van der Waals surface area contributed by atoms with Gasteiger partial charge in [-0.05, 0) is 61.1 Å². The number of carbonyl (C=O) groups excluding carboxylic acids is 1. The van der Waals surface area contributed by atoms with Crippen LogP contribution in [-0.4, -0.2) is 65.8 Å². The summed E-state index contributed by atoms with van der Waals surface area (Å²) in [7, 11) is 0. The van der Waals surface area contributed by atoms with Crippen LogP contribution in [0.15, 0.2) is 109 Å². The molecule has 398 valence electrons. The molecular weight excluding hydrogens is 969 g/mol. The molecule has 17 heteroatoms. The minimum atomic E-state index is -0.297. The first-order valence-electron chi connectivity index (χ1n) is 26.0. The summed E-state index contributed by atoms with van der Waals surface area (Å²) in [5.41, 5.74) is 31.2. The molecule has 0 radical (unpaired) electrons. The second kappa shape index (κ2) is 25.5. The summed E-state index contributed by atoms with van der Waals surface area (Å²) >= 11 is 0. The van der Waals surface area contributed by atoms with Crippen molar-refractivity contribution in [2.45, 2.75) is 112 Å². The van der Waals surface area contributed by atoms with Crippen molar-refractivity contribution in [3.8, 4) is 11.5 Å². The average molecular weight is 1040 g/mol. The third kappa shape index (κ3) is 12.4. The van der Waals surface area contributed by atoms with Crippen molar-refractivity contribution >= 4 is 61.8 Å². The van der Waals surface area contributed by atoms with Crippen molar-refractivity contribution in [3.63, 3.8) is 0 Å². The molecule has 0 saturated heterocycles. The van der Waals surface area contributed by atoms with Crippen LogP contribution < -0.4 is 22.5 Å². The molecule has 0 saturated carbocycles. The zero-order valence-corrected chi connectivity index (χ0v) is 44.2. The number of aliphatic hydroxyl groups excluding tert-OH is 2. The lowest BCUT2D eigenvalue weighted by atomic mass is 10.1. The maximum atomic E-state index is 10.5. The summed E-state index contributed by atoms with van der Waals surface area (Å²) in [5.74, 6) is 3.05. The molecule has 11 N–H and O–H groups in total. The number of nitrogens with zero attached hydrogens (tertiary/aromatic N) is 8. The Morgan fingerprint density at radius 3 is 1.51 bits per heavy atom. The van der Waals surface area contributed by atoms with Crippen molar-refractivity contribution in [1.82, 2.24) is 44.4 Å². The number of aromatic hydroxyl groups is 2. The van der Waals surface area contributed by atoms with E-state index < -0.39 is 0 Å². The molecular formula is C60H68N12O5. The molecule has 6 heterocycles. The van der Waals surface area contributed by atoms with Gasteiger partial charge in [0, 0.05) is 85.4 Å². The number of aliphatic hydroxyl groups is 2. The number of pyridine rings is 4. The van der Waals surface area contributed by atoms with E-state index in [1.54, 1.807) is 20.0 Å². The van der Waals surface area contributed by atoms with Crippen LogP contribution in [-0.2, 0) is 58.8 Å². The van der Waals surface area contributed by atoms with Crippen LogP contribution in [0.4, 0.5) is 11.6 Å². The Bertz CT molecular complexity index is 3650. The second-order valence-corrected chi connectivity index (χ2v) is 19.1. The van der Waals surface area contributed by atoms with E-state index in [2.05, 4.69) is 109 Å².